The summed E-state index contributed by atoms with van der Waals surface area (Å²) in [7, 11) is 0. The van der Waals surface area contributed by atoms with Crippen LogP contribution in [0.3, 0.4) is 0 Å². The maximum atomic E-state index is 10.1. The van der Waals surface area contributed by atoms with Crippen LogP contribution in [0.2, 0.25) is 0 Å². The Morgan fingerprint density at radius 2 is 1.85 bits per heavy atom. The Hall–Kier alpha value is -0.550. The quantitative estimate of drug-likeness (QED) is 0.706. The number of aliphatic hydroxyl groups is 1. The van der Waals surface area contributed by atoms with E-state index in [0.29, 0.717) is 5.92 Å². The number of hydrogen-bond donors (Lipinski definition) is 1. The van der Waals surface area contributed by atoms with Crippen LogP contribution in [0.4, 0.5) is 0 Å². The van der Waals surface area contributed by atoms with Crippen LogP contribution in [-0.2, 0) is 0 Å². The van der Waals surface area contributed by atoms with Crippen LogP contribution in [-0.4, -0.2) is 11.2 Å². The van der Waals surface area contributed by atoms with Gasteiger partial charge >= 0.3 is 0 Å². The van der Waals surface area contributed by atoms with E-state index in [9.17, 15) is 5.11 Å². The summed E-state index contributed by atoms with van der Waals surface area (Å²) in [5.74, 6) is 0.428. The molecule has 0 bridgehead atoms. The van der Waals surface area contributed by atoms with Crippen LogP contribution in [0, 0.1) is 22.7 Å². The normalized spacial score (nSPS) is 29.2. The third kappa shape index (κ3) is 1.36. The van der Waals surface area contributed by atoms with Gasteiger partial charge < -0.3 is 5.11 Å². The zero-order valence-electron chi connectivity index (χ0n) is 8.00. The van der Waals surface area contributed by atoms with Gasteiger partial charge in [0.25, 0.3) is 0 Å². The van der Waals surface area contributed by atoms with Crippen LogP contribution >= 0.6 is 0 Å². The Morgan fingerprint density at radius 3 is 2.23 bits per heavy atom. The second-order valence-corrected chi connectivity index (χ2v) is 4.61. The summed E-state index contributed by atoms with van der Waals surface area (Å²) >= 11 is 0. The van der Waals surface area contributed by atoms with Crippen molar-refractivity contribution >= 4 is 0 Å². The molecule has 2 saturated carbocycles. The van der Waals surface area contributed by atoms with E-state index in [1.165, 1.54) is 6.42 Å². The van der Waals surface area contributed by atoms with Gasteiger partial charge in [0.05, 0.1) is 17.6 Å². The van der Waals surface area contributed by atoms with E-state index in [2.05, 4.69) is 6.07 Å². The van der Waals surface area contributed by atoms with Crippen molar-refractivity contribution in [2.75, 3.05) is 0 Å². The van der Waals surface area contributed by atoms with E-state index in [-0.39, 0.29) is 11.5 Å². The molecule has 13 heavy (non-hydrogen) atoms. The smallest absolute Gasteiger partial charge is 0.0835 e. The molecule has 2 aliphatic rings. The van der Waals surface area contributed by atoms with Crippen molar-refractivity contribution in [1.82, 2.24) is 0 Å². The van der Waals surface area contributed by atoms with Crippen LogP contribution < -0.4 is 0 Å². The molecule has 0 aromatic rings. The lowest BCUT2D eigenvalue weighted by Crippen LogP contribution is -2.40. The molecular formula is C11H17NO. The molecule has 72 valence electrons. The molecule has 1 atom stereocenters. The molecule has 2 fully saturated rings. The van der Waals surface area contributed by atoms with E-state index < -0.39 is 0 Å². The first-order valence-electron chi connectivity index (χ1n) is 5.38. The molecular weight excluding hydrogens is 162 g/mol. The van der Waals surface area contributed by atoms with Crippen molar-refractivity contribution in [3.05, 3.63) is 0 Å². The molecule has 0 aliphatic heterocycles. The summed E-state index contributed by atoms with van der Waals surface area (Å²) in [6, 6.07) is 2.38. The Kier molecular flexibility index (Phi) is 2.29. The minimum atomic E-state index is -0.370. The number of nitrogens with zero attached hydrogens (tertiary/aromatic N) is 1. The van der Waals surface area contributed by atoms with E-state index in [1.54, 1.807) is 0 Å². The van der Waals surface area contributed by atoms with E-state index in [1.807, 2.05) is 0 Å². The molecule has 0 heterocycles. The average Bonchev–Trinajstić information content (AvgIpc) is 2.49. The maximum Gasteiger partial charge on any atom is 0.0835 e. The molecule has 2 rings (SSSR count). The lowest BCUT2D eigenvalue weighted by atomic mass is 9.69. The van der Waals surface area contributed by atoms with E-state index >= 15 is 0 Å². The van der Waals surface area contributed by atoms with E-state index in [0.717, 1.165) is 38.5 Å². The largest absolute Gasteiger partial charge is 0.391 e. The highest BCUT2D eigenvalue weighted by molar-refractivity contribution is 5.08. The Morgan fingerprint density at radius 1 is 1.23 bits per heavy atom. The van der Waals surface area contributed by atoms with Gasteiger partial charge in [-0.25, -0.2) is 0 Å². The lowest BCUT2D eigenvalue weighted by molar-refractivity contribution is -0.0144. The van der Waals surface area contributed by atoms with Crippen molar-refractivity contribution in [3.63, 3.8) is 0 Å². The fourth-order valence-corrected chi connectivity index (χ4v) is 2.69. The van der Waals surface area contributed by atoms with Crippen molar-refractivity contribution in [3.8, 4) is 6.07 Å². The molecule has 0 amide bonds. The third-order valence-electron chi connectivity index (χ3n) is 3.88. The molecule has 1 unspecified atom stereocenters. The fourth-order valence-electron chi connectivity index (χ4n) is 2.69. The predicted molar refractivity (Wildman–Crippen MR) is 49.9 cm³/mol. The van der Waals surface area contributed by atoms with Gasteiger partial charge in [-0.2, -0.15) is 5.26 Å². The maximum absolute atomic E-state index is 10.1. The molecule has 2 heteroatoms. The highest BCUT2D eigenvalue weighted by Crippen LogP contribution is 2.46. The Balaban J connectivity index is 2.06. The average molecular weight is 179 g/mol. The third-order valence-corrected chi connectivity index (χ3v) is 3.88. The first-order valence-corrected chi connectivity index (χ1v) is 5.38. The van der Waals surface area contributed by atoms with Gasteiger partial charge in [0.15, 0.2) is 0 Å². The monoisotopic (exact) mass is 179 g/mol. The van der Waals surface area contributed by atoms with Crippen molar-refractivity contribution in [1.29, 1.82) is 5.26 Å². The second kappa shape index (κ2) is 3.31. The highest BCUT2D eigenvalue weighted by atomic mass is 16.3. The molecule has 0 radical (unpaired) electrons. The van der Waals surface area contributed by atoms with Crippen LogP contribution in [0.1, 0.15) is 44.9 Å². The molecule has 0 saturated heterocycles. The number of aliphatic hydroxyl groups excluding tert-OH is 1. The summed E-state index contributed by atoms with van der Waals surface area (Å²) < 4.78 is 0. The van der Waals surface area contributed by atoms with Crippen molar-refractivity contribution < 1.29 is 5.11 Å². The molecule has 2 aliphatic carbocycles. The van der Waals surface area contributed by atoms with Crippen LogP contribution in [0.25, 0.3) is 0 Å². The zero-order valence-corrected chi connectivity index (χ0v) is 8.00. The topological polar surface area (TPSA) is 44.0 Å². The zero-order chi connectivity index (χ0) is 9.31. The standard InChI is InChI=1S/C11H17NO/c12-8-11(6-1-2-7-11)10(13)9-4-3-5-9/h9-10,13H,1-7H2. The molecule has 0 aromatic carbocycles. The Labute approximate surface area is 79.6 Å². The SMILES string of the molecule is N#CC1(C(O)C2CCC2)CCCC1. The van der Waals surface area contributed by atoms with Gasteiger partial charge in [-0.15, -0.1) is 0 Å². The summed E-state index contributed by atoms with van der Waals surface area (Å²) in [4.78, 5) is 0. The minimum Gasteiger partial charge on any atom is -0.391 e. The van der Waals surface area contributed by atoms with Gasteiger partial charge in [-0.1, -0.05) is 19.3 Å². The summed E-state index contributed by atoms with van der Waals surface area (Å²) in [5.41, 5.74) is -0.370. The fraction of sp³-hybridized carbons (Fsp3) is 0.909. The summed E-state index contributed by atoms with van der Waals surface area (Å²) in [6.07, 6.45) is 7.24. The van der Waals surface area contributed by atoms with Gasteiger partial charge in [-0.05, 0) is 31.6 Å². The lowest BCUT2D eigenvalue weighted by Gasteiger charge is -2.38. The number of hydrogen-bond acceptors (Lipinski definition) is 2. The molecule has 0 aromatic heterocycles. The first kappa shape index (κ1) is 9.02. The second-order valence-electron chi connectivity index (χ2n) is 4.61. The summed E-state index contributed by atoms with van der Waals surface area (Å²) in [6.45, 7) is 0. The van der Waals surface area contributed by atoms with Gasteiger partial charge in [-0.3, -0.25) is 0 Å². The van der Waals surface area contributed by atoms with Gasteiger partial charge in [0, 0.05) is 0 Å². The van der Waals surface area contributed by atoms with Crippen molar-refractivity contribution in [2.45, 2.75) is 51.0 Å². The van der Waals surface area contributed by atoms with E-state index in [4.69, 9.17) is 5.26 Å². The van der Waals surface area contributed by atoms with Crippen LogP contribution in [0.15, 0.2) is 0 Å². The Bertz CT molecular complexity index is 221. The van der Waals surface area contributed by atoms with Crippen LogP contribution in [0.5, 0.6) is 0 Å². The van der Waals surface area contributed by atoms with Gasteiger partial charge in [0.1, 0.15) is 0 Å². The molecule has 2 nitrogen and oxygen atoms in total. The predicted octanol–water partition coefficient (Wildman–Crippen LogP) is 2.23. The number of nitriles is 1. The van der Waals surface area contributed by atoms with Gasteiger partial charge in [0.2, 0.25) is 0 Å². The minimum absolute atomic E-state index is 0.339. The number of rotatable bonds is 2. The summed E-state index contributed by atoms with van der Waals surface area (Å²) in [5, 5.41) is 19.2. The van der Waals surface area contributed by atoms with Crippen molar-refractivity contribution in [2.24, 2.45) is 11.3 Å². The highest BCUT2D eigenvalue weighted by Gasteiger charge is 2.45. The first-order chi connectivity index (χ1) is 6.28. The molecule has 1 N–H and O–H groups in total. The molecule has 0 spiro atoms.